The molecule has 210 valence electrons. The number of rotatable bonds is 8. The number of carbonyl (C=O) groups is 1. The average molecular weight is 573 g/mol. The molecule has 2 atom stereocenters. The first-order chi connectivity index (χ1) is 18.7. The third-order valence-electron chi connectivity index (χ3n) is 9.56. The molecule has 8 heteroatoms. The minimum Gasteiger partial charge on any atom is -0.485 e. The van der Waals surface area contributed by atoms with Crippen LogP contribution in [-0.2, 0) is 9.53 Å². The molecular formula is C31H39Cl2N3O3. The third kappa shape index (κ3) is 5.49. The molecule has 0 amide bonds. The van der Waals surface area contributed by atoms with Crippen LogP contribution in [0, 0.1) is 17.3 Å². The van der Waals surface area contributed by atoms with Crippen molar-refractivity contribution in [1.82, 2.24) is 9.88 Å². The van der Waals surface area contributed by atoms with Crippen molar-refractivity contribution in [2.45, 2.75) is 70.4 Å². The fourth-order valence-electron chi connectivity index (χ4n) is 6.90. The van der Waals surface area contributed by atoms with Crippen molar-refractivity contribution >= 4 is 35.0 Å². The van der Waals surface area contributed by atoms with Crippen molar-refractivity contribution in [3.05, 3.63) is 51.6 Å². The lowest BCUT2D eigenvalue weighted by Crippen LogP contribution is -2.58. The fourth-order valence-corrected chi connectivity index (χ4v) is 7.47. The minimum absolute atomic E-state index is 0.0591. The van der Waals surface area contributed by atoms with Crippen LogP contribution in [0.4, 0.5) is 5.82 Å². The second kappa shape index (κ2) is 10.8. The maximum atomic E-state index is 12.1. The first-order valence-corrected chi connectivity index (χ1v) is 15.2. The minimum atomic E-state index is -0.298. The van der Waals surface area contributed by atoms with E-state index in [1.54, 1.807) is 6.07 Å². The van der Waals surface area contributed by atoms with Gasteiger partial charge in [0.1, 0.15) is 17.7 Å². The Labute approximate surface area is 241 Å². The van der Waals surface area contributed by atoms with Gasteiger partial charge in [-0.15, -0.1) is 0 Å². The number of anilines is 1. The quantitative estimate of drug-likeness (QED) is 0.321. The van der Waals surface area contributed by atoms with E-state index in [1.165, 1.54) is 38.4 Å². The molecule has 2 aliphatic heterocycles. The van der Waals surface area contributed by atoms with Crippen LogP contribution in [0.5, 0.6) is 5.75 Å². The van der Waals surface area contributed by atoms with Crippen LogP contribution in [-0.4, -0.2) is 55.2 Å². The molecule has 0 spiro atoms. The van der Waals surface area contributed by atoms with Gasteiger partial charge in [0.2, 0.25) is 0 Å². The molecule has 0 bridgehead atoms. The van der Waals surface area contributed by atoms with Crippen LogP contribution in [0.3, 0.4) is 0 Å². The predicted octanol–water partition coefficient (Wildman–Crippen LogP) is 6.90. The summed E-state index contributed by atoms with van der Waals surface area (Å²) in [5, 5.41) is 1.25. The summed E-state index contributed by atoms with van der Waals surface area (Å²) in [6.45, 7) is 8.45. The first kappa shape index (κ1) is 27.2. The molecule has 1 aromatic carbocycles. The molecular weight excluding hydrogens is 533 g/mol. The molecule has 2 aromatic rings. The number of aromatic nitrogens is 1. The van der Waals surface area contributed by atoms with Crippen molar-refractivity contribution in [2.75, 3.05) is 38.2 Å². The second-order valence-electron chi connectivity index (χ2n) is 12.5. The lowest BCUT2D eigenvalue weighted by molar-refractivity contribution is -0.162. The molecule has 0 unspecified atom stereocenters. The zero-order chi connectivity index (χ0) is 27.3. The number of carbonyl (C=O) groups excluding carboxylic acids is 1. The van der Waals surface area contributed by atoms with Crippen LogP contribution in [0.15, 0.2) is 30.5 Å². The summed E-state index contributed by atoms with van der Waals surface area (Å²) >= 11 is 12.6. The van der Waals surface area contributed by atoms with Crippen molar-refractivity contribution < 1.29 is 14.3 Å². The Morgan fingerprint density at radius 1 is 1.10 bits per heavy atom. The molecule has 6 rings (SSSR count). The molecule has 0 N–H and O–H groups in total. The summed E-state index contributed by atoms with van der Waals surface area (Å²) in [7, 11) is 1.50. The van der Waals surface area contributed by atoms with Gasteiger partial charge in [0.25, 0.3) is 0 Å². The van der Waals surface area contributed by atoms with Crippen molar-refractivity contribution in [2.24, 2.45) is 17.3 Å². The fraction of sp³-hybridized carbons (Fsp3) is 0.613. The number of methoxy groups -OCH3 is 1. The molecule has 3 heterocycles. The maximum absolute atomic E-state index is 12.1. The molecule has 2 saturated heterocycles. The Balaban J connectivity index is 1.08. The van der Waals surface area contributed by atoms with Crippen LogP contribution in [0.2, 0.25) is 10.0 Å². The van der Waals surface area contributed by atoms with E-state index in [0.717, 1.165) is 56.2 Å². The second-order valence-corrected chi connectivity index (χ2v) is 13.3. The summed E-state index contributed by atoms with van der Waals surface area (Å²) in [5.41, 5.74) is 1.84. The summed E-state index contributed by atoms with van der Waals surface area (Å²) in [6.07, 6.45) is 8.60. The van der Waals surface area contributed by atoms with Gasteiger partial charge < -0.3 is 19.3 Å². The van der Waals surface area contributed by atoms with Gasteiger partial charge in [-0.25, -0.2) is 4.98 Å². The number of nitrogens with zero attached hydrogens (tertiary/aromatic N) is 3. The van der Waals surface area contributed by atoms with Crippen LogP contribution < -0.4 is 9.64 Å². The number of hydrogen-bond acceptors (Lipinski definition) is 6. The lowest BCUT2D eigenvalue weighted by atomic mass is 9.65. The van der Waals surface area contributed by atoms with E-state index in [-0.39, 0.29) is 17.5 Å². The SMILES string of the molecule is COC(=O)C1(C)CC(N2CCC[C@H](C3CN(c4cc(O[C@H](C)c5ccc(Cl)cc5Cl)c(C5CC5)cn4)C3)C2)C1. The highest BCUT2D eigenvalue weighted by Gasteiger charge is 2.50. The van der Waals surface area contributed by atoms with Gasteiger partial charge in [-0.2, -0.15) is 0 Å². The number of esters is 1. The monoisotopic (exact) mass is 571 g/mol. The van der Waals surface area contributed by atoms with E-state index in [0.29, 0.717) is 33.8 Å². The number of hydrogen-bond donors (Lipinski definition) is 0. The molecule has 4 fully saturated rings. The summed E-state index contributed by atoms with van der Waals surface area (Å²) in [4.78, 5) is 22.0. The first-order valence-electron chi connectivity index (χ1n) is 14.4. The Hall–Kier alpha value is -2.02. The van der Waals surface area contributed by atoms with Crippen molar-refractivity contribution in [1.29, 1.82) is 0 Å². The third-order valence-corrected chi connectivity index (χ3v) is 10.1. The summed E-state index contributed by atoms with van der Waals surface area (Å²) in [6, 6.07) is 8.23. The van der Waals surface area contributed by atoms with Gasteiger partial charge in [0.15, 0.2) is 0 Å². The standard InChI is InChI=1S/C31H39Cl2N3O3/c1-19(25-9-8-23(32)11-27(25)33)39-28-12-29(34-15-26(28)20-6-7-20)36-17-22(18-36)21-5-4-10-35(16-21)24-13-31(2,14-24)30(37)38-3/h8-9,11-12,15,19-22,24H,4-7,10,13-14,16-18H2,1-3H3/t19-,21+,24?,31?/m1/s1. The normalized spacial score (nSPS) is 28.4. The Morgan fingerprint density at radius 3 is 2.56 bits per heavy atom. The molecule has 0 radical (unpaired) electrons. The van der Waals surface area contributed by atoms with Crippen LogP contribution in [0.25, 0.3) is 0 Å². The van der Waals surface area contributed by atoms with E-state index < -0.39 is 0 Å². The van der Waals surface area contributed by atoms with Gasteiger partial charge in [-0.05, 0) is 88.8 Å². The highest BCUT2D eigenvalue weighted by Crippen LogP contribution is 2.48. The van der Waals surface area contributed by atoms with Crippen molar-refractivity contribution in [3.8, 4) is 5.75 Å². The Morgan fingerprint density at radius 2 is 1.87 bits per heavy atom. The Kier molecular flexibility index (Phi) is 7.49. The predicted molar refractivity (Wildman–Crippen MR) is 155 cm³/mol. The number of pyridine rings is 1. The van der Waals surface area contributed by atoms with Crippen LogP contribution in [0.1, 0.15) is 75.5 Å². The zero-order valence-electron chi connectivity index (χ0n) is 23.2. The molecule has 4 aliphatic rings. The van der Waals surface area contributed by atoms with Gasteiger partial charge in [0, 0.05) is 59.1 Å². The topological polar surface area (TPSA) is 54.9 Å². The van der Waals surface area contributed by atoms with E-state index in [9.17, 15) is 4.79 Å². The van der Waals surface area contributed by atoms with E-state index in [4.69, 9.17) is 37.7 Å². The highest BCUT2D eigenvalue weighted by molar-refractivity contribution is 6.35. The largest absolute Gasteiger partial charge is 0.485 e. The molecule has 39 heavy (non-hydrogen) atoms. The summed E-state index contributed by atoms with van der Waals surface area (Å²) < 4.78 is 11.6. The summed E-state index contributed by atoms with van der Waals surface area (Å²) in [5.74, 6) is 3.79. The lowest BCUT2D eigenvalue weighted by Gasteiger charge is -2.52. The van der Waals surface area contributed by atoms with E-state index in [1.807, 2.05) is 32.2 Å². The number of benzene rings is 1. The van der Waals surface area contributed by atoms with Crippen molar-refractivity contribution in [3.63, 3.8) is 0 Å². The van der Waals surface area contributed by atoms with Gasteiger partial charge in [0.05, 0.1) is 12.5 Å². The van der Waals surface area contributed by atoms with Gasteiger partial charge >= 0.3 is 5.97 Å². The van der Waals surface area contributed by atoms with E-state index in [2.05, 4.69) is 15.9 Å². The van der Waals surface area contributed by atoms with Gasteiger partial charge in [-0.3, -0.25) is 4.79 Å². The molecule has 1 aromatic heterocycles. The number of likely N-dealkylation sites (tertiary alicyclic amines) is 1. The van der Waals surface area contributed by atoms with Crippen LogP contribution >= 0.6 is 23.2 Å². The molecule has 2 saturated carbocycles. The van der Waals surface area contributed by atoms with Gasteiger partial charge in [-0.1, -0.05) is 29.3 Å². The number of ether oxygens (including phenoxy) is 2. The zero-order valence-corrected chi connectivity index (χ0v) is 24.7. The number of piperidine rings is 1. The van der Waals surface area contributed by atoms with E-state index >= 15 is 0 Å². The Bertz CT molecular complexity index is 1220. The molecule has 6 nitrogen and oxygen atoms in total. The molecule has 2 aliphatic carbocycles. The highest BCUT2D eigenvalue weighted by atomic mass is 35.5. The average Bonchev–Trinajstić information content (AvgIpc) is 3.71. The number of halogens is 2. The smallest absolute Gasteiger partial charge is 0.311 e. The maximum Gasteiger partial charge on any atom is 0.311 e.